The van der Waals surface area contributed by atoms with Crippen molar-refractivity contribution < 1.29 is 4.79 Å². The fourth-order valence-corrected chi connectivity index (χ4v) is 5.31. The van der Waals surface area contributed by atoms with E-state index in [1.165, 1.54) is 25.0 Å². The first-order valence-electron chi connectivity index (χ1n) is 9.46. The molecule has 4 fully saturated rings. The molecule has 6 nitrogen and oxygen atoms in total. The number of amides is 1. The molecule has 25 heavy (non-hydrogen) atoms. The van der Waals surface area contributed by atoms with E-state index in [2.05, 4.69) is 26.1 Å². The average molecular weight is 339 g/mol. The van der Waals surface area contributed by atoms with Gasteiger partial charge in [0.25, 0.3) is 0 Å². The van der Waals surface area contributed by atoms with Gasteiger partial charge < -0.3 is 9.88 Å². The molecule has 3 unspecified atom stereocenters. The summed E-state index contributed by atoms with van der Waals surface area (Å²) in [5, 5.41) is 7.75. The fraction of sp³-hybridized carbons (Fsp3) is 0.632. The molecule has 1 N–H and O–H groups in total. The summed E-state index contributed by atoms with van der Waals surface area (Å²) in [6.45, 7) is 0.515. The summed E-state index contributed by atoms with van der Waals surface area (Å²) < 4.78 is 4.15. The van der Waals surface area contributed by atoms with Crippen LogP contribution >= 0.6 is 0 Å². The second-order valence-corrected chi connectivity index (χ2v) is 8.13. The van der Waals surface area contributed by atoms with E-state index in [-0.39, 0.29) is 17.2 Å². The number of aromatic nitrogens is 4. The molecule has 0 saturated heterocycles. The number of aryl methyl sites for hydroxylation is 1. The van der Waals surface area contributed by atoms with Crippen molar-refractivity contribution in [2.24, 2.45) is 18.9 Å². The lowest BCUT2D eigenvalue weighted by Crippen LogP contribution is -2.53. The van der Waals surface area contributed by atoms with E-state index in [1.54, 1.807) is 6.33 Å². The maximum absolute atomic E-state index is 13.0. The van der Waals surface area contributed by atoms with Gasteiger partial charge in [-0.05, 0) is 50.5 Å². The van der Waals surface area contributed by atoms with Gasteiger partial charge in [-0.25, -0.2) is 4.98 Å². The van der Waals surface area contributed by atoms with Crippen LogP contribution in [0, 0.1) is 11.8 Å². The van der Waals surface area contributed by atoms with Crippen LogP contribution in [0.15, 0.2) is 24.8 Å². The Bertz CT molecular complexity index is 800. The normalized spacial score (nSPS) is 30.8. The first-order valence-corrected chi connectivity index (χ1v) is 9.46. The van der Waals surface area contributed by atoms with Crippen molar-refractivity contribution in [2.45, 2.75) is 56.5 Å². The highest BCUT2D eigenvalue weighted by Crippen LogP contribution is 2.64. The topological polar surface area (TPSA) is 64.7 Å². The lowest BCUT2D eigenvalue weighted by atomic mass is 9.58. The average Bonchev–Trinajstić information content (AvgIpc) is 3.25. The van der Waals surface area contributed by atoms with Crippen LogP contribution in [0.4, 0.5) is 0 Å². The number of carbonyl (C=O) groups is 1. The van der Waals surface area contributed by atoms with Crippen molar-refractivity contribution in [2.75, 3.05) is 0 Å². The van der Waals surface area contributed by atoms with Crippen molar-refractivity contribution in [3.8, 4) is 0 Å². The predicted octanol–water partition coefficient (Wildman–Crippen LogP) is 2.33. The van der Waals surface area contributed by atoms with Gasteiger partial charge in [0, 0.05) is 30.6 Å². The minimum absolute atomic E-state index is 0.0188. The Morgan fingerprint density at radius 2 is 2.28 bits per heavy atom. The summed E-state index contributed by atoms with van der Waals surface area (Å²) in [6, 6.07) is 2.72. The number of nitrogens with zero attached hydrogens (tertiary/aromatic N) is 4. The van der Waals surface area contributed by atoms with Crippen LogP contribution in [0.2, 0.25) is 0 Å². The number of fused-ring (bicyclic) bond motifs is 1. The molecule has 0 aromatic carbocycles. The van der Waals surface area contributed by atoms with Crippen LogP contribution in [-0.4, -0.2) is 25.2 Å². The zero-order valence-electron chi connectivity index (χ0n) is 14.7. The third-order valence-corrected chi connectivity index (χ3v) is 6.74. The predicted molar refractivity (Wildman–Crippen MR) is 92.7 cm³/mol. The Kier molecular flexibility index (Phi) is 3.30. The van der Waals surface area contributed by atoms with Crippen LogP contribution in [0.3, 0.4) is 0 Å². The molecule has 2 aromatic heterocycles. The van der Waals surface area contributed by atoms with E-state index in [0.29, 0.717) is 18.5 Å². The lowest BCUT2D eigenvalue weighted by molar-refractivity contribution is -0.133. The molecular formula is C19H25N5O. The third-order valence-electron chi connectivity index (χ3n) is 6.74. The van der Waals surface area contributed by atoms with E-state index >= 15 is 0 Å². The van der Waals surface area contributed by atoms with E-state index in [0.717, 1.165) is 25.0 Å². The molecular weight excluding hydrogens is 314 g/mol. The van der Waals surface area contributed by atoms with Crippen molar-refractivity contribution in [3.05, 3.63) is 36.2 Å². The summed E-state index contributed by atoms with van der Waals surface area (Å²) in [5.41, 5.74) is 2.24. The van der Waals surface area contributed by atoms with Gasteiger partial charge in [-0.1, -0.05) is 0 Å². The van der Waals surface area contributed by atoms with Crippen molar-refractivity contribution >= 4 is 5.91 Å². The Morgan fingerprint density at radius 3 is 2.96 bits per heavy atom. The van der Waals surface area contributed by atoms with Gasteiger partial charge in [0.1, 0.15) is 0 Å². The second kappa shape index (κ2) is 5.44. The minimum Gasteiger partial charge on any atom is -0.350 e. The van der Waals surface area contributed by atoms with Crippen LogP contribution in [-0.2, 0) is 23.8 Å². The molecule has 0 aliphatic heterocycles. The number of hydrogen-bond acceptors (Lipinski definition) is 3. The molecule has 4 aliphatic carbocycles. The largest absolute Gasteiger partial charge is 0.350 e. The molecule has 2 heterocycles. The van der Waals surface area contributed by atoms with E-state index in [1.807, 2.05) is 24.0 Å². The number of nitrogens with one attached hydrogen (secondary N) is 1. The van der Waals surface area contributed by atoms with E-state index in [4.69, 9.17) is 0 Å². The van der Waals surface area contributed by atoms with E-state index < -0.39 is 0 Å². The zero-order valence-corrected chi connectivity index (χ0v) is 14.7. The zero-order chi connectivity index (χ0) is 17.0. The first kappa shape index (κ1) is 15.2. The quantitative estimate of drug-likeness (QED) is 0.909. The van der Waals surface area contributed by atoms with Crippen LogP contribution in [0.5, 0.6) is 0 Å². The van der Waals surface area contributed by atoms with Gasteiger partial charge in [0.15, 0.2) is 0 Å². The van der Waals surface area contributed by atoms with E-state index in [9.17, 15) is 4.79 Å². The first-order chi connectivity index (χ1) is 12.2. The Balaban J connectivity index is 1.35. The standard InChI is InChI=1S/C19H25N5O/c1-23-11-14(21-12-23)10-20-18(25)17-13-5-7-19(17,9-13)16-6-8-22-24(16)15-3-2-4-15/h6,8,11-13,15,17H,2-5,7,9-10H2,1H3,(H,20,25). The summed E-state index contributed by atoms with van der Waals surface area (Å²) in [4.78, 5) is 17.3. The molecule has 6 heteroatoms. The Labute approximate surface area is 147 Å². The molecule has 2 bridgehead atoms. The third kappa shape index (κ3) is 2.19. The van der Waals surface area contributed by atoms with Crippen molar-refractivity contribution in [3.63, 3.8) is 0 Å². The Hall–Kier alpha value is -2.11. The van der Waals surface area contributed by atoms with Crippen LogP contribution in [0.1, 0.15) is 56.0 Å². The number of carbonyl (C=O) groups excluding carboxylic acids is 1. The smallest absolute Gasteiger partial charge is 0.224 e. The molecule has 3 atom stereocenters. The van der Waals surface area contributed by atoms with Crippen LogP contribution in [0.25, 0.3) is 0 Å². The second-order valence-electron chi connectivity index (χ2n) is 8.13. The highest BCUT2D eigenvalue weighted by atomic mass is 16.2. The van der Waals surface area contributed by atoms with Gasteiger partial charge in [-0.15, -0.1) is 0 Å². The van der Waals surface area contributed by atoms with Gasteiger partial charge >= 0.3 is 0 Å². The molecule has 132 valence electrons. The SMILES string of the molecule is Cn1cnc(CNC(=O)C2C3CCC2(c2ccnn2C2CCC2)C3)c1. The van der Waals surface area contributed by atoms with Crippen molar-refractivity contribution in [1.82, 2.24) is 24.6 Å². The molecule has 4 aliphatic rings. The van der Waals surface area contributed by atoms with Crippen LogP contribution < -0.4 is 5.32 Å². The summed E-state index contributed by atoms with van der Waals surface area (Å²) in [5.74, 6) is 0.834. The highest BCUT2D eigenvalue weighted by Gasteiger charge is 2.64. The van der Waals surface area contributed by atoms with Gasteiger partial charge in [0.2, 0.25) is 5.91 Å². The number of rotatable bonds is 5. The van der Waals surface area contributed by atoms with Gasteiger partial charge in [0.05, 0.1) is 30.5 Å². The molecule has 0 spiro atoms. The maximum Gasteiger partial charge on any atom is 0.224 e. The number of hydrogen-bond donors (Lipinski definition) is 1. The summed E-state index contributed by atoms with van der Waals surface area (Å²) in [7, 11) is 1.95. The van der Waals surface area contributed by atoms with Gasteiger partial charge in [-0.3, -0.25) is 9.48 Å². The molecule has 1 amide bonds. The Morgan fingerprint density at radius 1 is 1.40 bits per heavy atom. The molecule has 0 radical (unpaired) electrons. The maximum atomic E-state index is 13.0. The fourth-order valence-electron chi connectivity index (χ4n) is 5.31. The number of imidazole rings is 1. The highest BCUT2D eigenvalue weighted by molar-refractivity contribution is 5.82. The summed E-state index contributed by atoms with van der Waals surface area (Å²) in [6.07, 6.45) is 12.8. The minimum atomic E-state index is 0.0188. The van der Waals surface area contributed by atoms with Gasteiger partial charge in [-0.2, -0.15) is 5.10 Å². The lowest BCUT2D eigenvalue weighted by Gasteiger charge is -2.47. The summed E-state index contributed by atoms with van der Waals surface area (Å²) >= 11 is 0. The molecule has 6 rings (SSSR count). The molecule has 4 saturated carbocycles. The monoisotopic (exact) mass is 339 g/mol. The van der Waals surface area contributed by atoms with Crippen molar-refractivity contribution in [1.29, 1.82) is 0 Å². The molecule has 2 aromatic rings.